The smallest absolute Gasteiger partial charge is 0.330 e. The predicted octanol–water partition coefficient (Wildman–Crippen LogP) is 2.36. The van der Waals surface area contributed by atoms with Crippen molar-refractivity contribution < 1.29 is 163 Å². The number of halogens is 2. The zero-order chi connectivity index (χ0) is 97.0. The fraction of sp³-hybridized carbons (Fsp3) is 0.451. The highest BCUT2D eigenvalue weighted by molar-refractivity contribution is 6.32. The molecule has 0 spiro atoms. The average molecular weight is 1920 g/mol. The number of carboxylic acids is 1. The fourth-order valence-electron chi connectivity index (χ4n) is 17.2. The van der Waals surface area contributed by atoms with E-state index in [1.54, 1.807) is 0 Å². The summed E-state index contributed by atoms with van der Waals surface area (Å²) in [5, 5.41) is 201. The first kappa shape index (κ1) is 99.4. The molecule has 17 bridgehead atoms. The van der Waals surface area contributed by atoms with E-state index in [0.29, 0.717) is 18.8 Å². The lowest BCUT2D eigenvalue weighted by Gasteiger charge is -2.44. The minimum Gasteiger partial charge on any atom is -0.508 e. The maximum absolute atomic E-state index is 17.1. The Kier molecular flexibility index (Phi) is 31.5. The van der Waals surface area contributed by atoms with Crippen LogP contribution in [-0.4, -0.2) is 253 Å². The summed E-state index contributed by atoms with van der Waals surface area (Å²) in [6.07, 6.45) is -22.8. The van der Waals surface area contributed by atoms with Gasteiger partial charge < -0.3 is 167 Å². The molecule has 44 heteroatoms. The lowest BCUT2D eigenvalue weighted by atomic mass is 9.81. The van der Waals surface area contributed by atoms with Crippen LogP contribution in [0.25, 0.3) is 11.1 Å². The molecule has 135 heavy (non-hydrogen) atoms. The second-order valence-electron chi connectivity index (χ2n) is 34.3. The highest BCUT2D eigenvalue weighted by Crippen LogP contribution is 2.52. The number of benzene rings is 7. The summed E-state index contributed by atoms with van der Waals surface area (Å²) in [5.41, 5.74) is 4.99. The van der Waals surface area contributed by atoms with Gasteiger partial charge in [0.1, 0.15) is 156 Å². The highest BCUT2D eigenvalue weighted by atomic mass is 35.5. The monoisotopic (exact) mass is 1920 g/mol. The molecule has 0 aromatic heterocycles. The Labute approximate surface area is 779 Å². The third kappa shape index (κ3) is 21.8. The summed E-state index contributed by atoms with van der Waals surface area (Å²) in [6.45, 7) is 2.71. The van der Waals surface area contributed by atoms with Crippen LogP contribution in [-0.2, 0) is 57.4 Å². The van der Waals surface area contributed by atoms with Crippen LogP contribution in [0.4, 0.5) is 0 Å². The molecule has 7 aromatic rings. The maximum Gasteiger partial charge on any atom is 0.330 e. The number of carbonyl (C=O) groups is 8. The van der Waals surface area contributed by atoms with Crippen LogP contribution in [0.15, 0.2) is 115 Å². The van der Waals surface area contributed by atoms with Gasteiger partial charge in [-0.25, -0.2) is 4.79 Å². The molecule has 1 aliphatic carbocycles. The van der Waals surface area contributed by atoms with Crippen molar-refractivity contribution >= 4 is 70.5 Å². The Bertz CT molecular complexity index is 5570. The number of carbonyl (C=O) groups excluding carboxylic acids is 7. The van der Waals surface area contributed by atoms with Crippen LogP contribution in [0.2, 0.25) is 10.0 Å². The number of nitrogens with two attached hydrogens (primary N) is 1. The van der Waals surface area contributed by atoms with Gasteiger partial charge in [0.05, 0.1) is 36.0 Å². The van der Waals surface area contributed by atoms with Crippen molar-refractivity contribution in [2.75, 3.05) is 26.4 Å². The number of aliphatic carboxylic acids is 1. The zero-order valence-corrected chi connectivity index (χ0v) is 74.0. The molecule has 0 radical (unpaired) electrons. The number of nitrogens with one attached hydrogen (secondary N) is 8. The van der Waals surface area contributed by atoms with E-state index in [9.17, 15) is 96.1 Å². The number of rotatable bonds is 23. The first-order valence-electron chi connectivity index (χ1n) is 43.7. The largest absolute Gasteiger partial charge is 0.508 e. The summed E-state index contributed by atoms with van der Waals surface area (Å²) in [6, 6.07) is -0.260. The van der Waals surface area contributed by atoms with E-state index < -0.39 is 332 Å². The third-order valence-electron chi connectivity index (χ3n) is 24.5. The number of carboxylic acid groups (broad SMARTS) is 1. The van der Waals surface area contributed by atoms with E-state index in [0.717, 1.165) is 135 Å². The summed E-state index contributed by atoms with van der Waals surface area (Å²) in [4.78, 5) is 131. The number of phenols is 4. The Morgan fingerprint density at radius 2 is 1.07 bits per heavy atom. The SMILES string of the molecule is CCONC1C(O[C@@H]2c3ccc(c(Cl)c3)Oc3cc4cc(c3OC3OC(CO)C(O)C(O)C3NC(=O)CCCCCCCCC(C)C)Oc3ccc(cc3Cl)[C@@H](O)[C@H]3NC(=O)[C@H](N)c5ccc(O)c(c5)Oc5cc(O)cc(c5)[C@H](NC3=O)C(=O)N[C@H]4C(=O)N[C@H]3C(=O)N[C@@H]2C(=O)N[C@H](C(=O)O)c2cc(O)cc(OC4CC(CO)C(O)C(O)C4O)c2-c2cc3ccc2O)OC(CO)C(O)C1O. The van der Waals surface area contributed by atoms with Crippen LogP contribution in [0.5, 0.6) is 69.0 Å². The molecule has 8 aliphatic heterocycles. The second-order valence-corrected chi connectivity index (χ2v) is 35.1. The molecule has 24 atom stereocenters. The van der Waals surface area contributed by atoms with Gasteiger partial charge in [-0.3, -0.25) is 33.6 Å². The number of phenolic OH excluding ortho intramolecular Hbond substituents is 4. The van der Waals surface area contributed by atoms with E-state index in [-0.39, 0.29) is 29.7 Å². The van der Waals surface area contributed by atoms with Crippen molar-refractivity contribution in [3.05, 3.63) is 164 Å². The number of hydrogen-bond donors (Lipinski definition) is 25. The first-order chi connectivity index (χ1) is 64.4. The number of fused-ring (bicyclic) bond motifs is 14. The van der Waals surface area contributed by atoms with Crippen molar-refractivity contribution in [3.63, 3.8) is 0 Å². The highest BCUT2D eigenvalue weighted by Gasteiger charge is 2.52. The van der Waals surface area contributed by atoms with Crippen molar-refractivity contribution in [2.24, 2.45) is 17.6 Å². The Morgan fingerprint density at radius 3 is 1.70 bits per heavy atom. The number of hydroxylamine groups is 1. The number of amides is 7. The van der Waals surface area contributed by atoms with E-state index in [1.165, 1.54) is 19.1 Å². The second kappa shape index (κ2) is 42.8. The predicted molar refractivity (Wildman–Crippen MR) is 468 cm³/mol. The van der Waals surface area contributed by atoms with Gasteiger partial charge in [0.25, 0.3) is 0 Å². The Balaban J connectivity index is 1.03. The fourth-order valence-corrected chi connectivity index (χ4v) is 17.7. The number of ether oxygens (including phenoxy) is 8. The molecule has 9 aliphatic rings. The van der Waals surface area contributed by atoms with Crippen LogP contribution in [0, 0.1) is 11.8 Å². The first-order valence-corrected chi connectivity index (χ1v) is 44.4. The Morgan fingerprint density at radius 1 is 0.511 bits per heavy atom. The lowest BCUT2D eigenvalue weighted by molar-refractivity contribution is -0.297. The molecule has 2 saturated heterocycles. The lowest BCUT2D eigenvalue weighted by Crippen LogP contribution is -2.65. The van der Waals surface area contributed by atoms with Gasteiger partial charge in [0.15, 0.2) is 35.3 Å². The third-order valence-corrected chi connectivity index (χ3v) is 25.1. The standard InChI is InChI=1S/C91H105Cl2N9O33/c1-4-127-102-71-79(117)77(115)61(35-105)133-91(71)134-81-40-16-20-54(50(93)25-40)130-59-28-42-27-58(82(59)135-90-70(78(116)76(114)60(34-104)132-90)95-62(110)12-10-8-6-5-7-9-11-36(2)3)129-53-19-15-39(24-49(53)92)73(111)69-87(123)98-66(41-21-44(106)30-46(22-41)128-55-26-37(13-18-52(55)109)64(94)83(119)100-69)85(121)97-67(42)86(122)96-65-38-14-17-51(108)47(23-38)63-48(68(89(125)126)99-88(124)72(81)101-84(65)120)31-45(107)32-56(63)131-57-29-43(33-103)74(112)80(118)75(57)113/h13-28,30-32,36,43,57,60-61,64-81,90-91,102-109,111-118H,4-12,29,33-35,94H2,1-3H3,(H,95,110)(H,96,122)(H,97,121)(H,98,123)(H,99,124)(H,100,119)(H,101,120)(H,125,126)/t43?,57?,60?,61?,64-,65-,66+,67-,68+,69-,70?,71?,72+,73-,74?,75?,76?,77?,78?,79?,80?,81-,90?,91?/m1/s1. The van der Waals surface area contributed by atoms with E-state index in [4.69, 9.17) is 71.7 Å². The number of aliphatic hydroxyl groups is 11. The minimum atomic E-state index is -2.54. The molecule has 726 valence electrons. The van der Waals surface area contributed by atoms with Crippen molar-refractivity contribution in [3.8, 4) is 80.1 Å². The number of aromatic hydroxyl groups is 4. The number of aliphatic hydroxyl groups excluding tert-OH is 11. The molecular weight excluding hydrogens is 1820 g/mol. The van der Waals surface area contributed by atoms with E-state index >= 15 is 24.0 Å². The van der Waals surface area contributed by atoms with Gasteiger partial charge in [-0.15, -0.1) is 0 Å². The van der Waals surface area contributed by atoms with Crippen LogP contribution in [0.3, 0.4) is 0 Å². The molecule has 8 heterocycles. The Hall–Kier alpha value is -11.6. The summed E-state index contributed by atoms with van der Waals surface area (Å²) < 4.78 is 52.2. The topological polar surface area (TPSA) is 666 Å². The molecule has 3 fully saturated rings. The molecule has 26 N–H and O–H groups in total. The molecule has 7 aromatic carbocycles. The minimum absolute atomic E-state index is 0.0462. The van der Waals surface area contributed by atoms with Gasteiger partial charge in [0.2, 0.25) is 53.4 Å². The number of unbranched alkanes of at least 4 members (excludes halogenated alkanes) is 5. The quantitative estimate of drug-likeness (QED) is 0.0323. The molecule has 42 nitrogen and oxygen atoms in total. The molecule has 1 saturated carbocycles. The van der Waals surface area contributed by atoms with Crippen molar-refractivity contribution in [2.45, 2.75) is 219 Å². The van der Waals surface area contributed by atoms with E-state index in [2.05, 4.69) is 56.5 Å². The summed E-state index contributed by atoms with van der Waals surface area (Å²) in [7, 11) is 0. The van der Waals surface area contributed by atoms with E-state index in [1.807, 2.05) is 0 Å². The van der Waals surface area contributed by atoms with Crippen molar-refractivity contribution in [1.82, 2.24) is 42.7 Å². The normalized spacial score (nSPS) is 29.1. The van der Waals surface area contributed by atoms with Gasteiger partial charge in [-0.1, -0.05) is 99.8 Å². The molecule has 7 amide bonds. The molecule has 15 unspecified atom stereocenters. The van der Waals surface area contributed by atoms with Crippen molar-refractivity contribution in [1.29, 1.82) is 0 Å². The summed E-state index contributed by atoms with van der Waals surface area (Å²) >= 11 is 14.7. The van der Waals surface area contributed by atoms with Crippen LogP contribution >= 0.6 is 23.2 Å². The molecule has 16 rings (SSSR count). The van der Waals surface area contributed by atoms with Crippen LogP contribution < -0.4 is 72.1 Å². The van der Waals surface area contributed by atoms with Gasteiger partial charge >= 0.3 is 5.97 Å². The van der Waals surface area contributed by atoms with Gasteiger partial charge in [0, 0.05) is 47.8 Å². The zero-order valence-electron chi connectivity index (χ0n) is 72.5. The molecular formula is C91H105Cl2N9O33. The van der Waals surface area contributed by atoms with Gasteiger partial charge in [-0.2, -0.15) is 5.48 Å². The van der Waals surface area contributed by atoms with Gasteiger partial charge in [-0.05, 0) is 138 Å². The van der Waals surface area contributed by atoms with Crippen LogP contribution in [0.1, 0.15) is 160 Å². The summed E-state index contributed by atoms with van der Waals surface area (Å²) in [5.74, 6) is -19.8. The number of hydrogen-bond acceptors (Lipinski definition) is 34. The maximum atomic E-state index is 17.1. The average Bonchev–Trinajstić information content (AvgIpc) is 0.751.